The predicted octanol–water partition coefficient (Wildman–Crippen LogP) is 0.0622. The fraction of sp³-hybridized carbons (Fsp3) is 1.00. The van der Waals surface area contributed by atoms with Crippen LogP contribution >= 0.6 is 0 Å². The molecule has 0 aromatic rings. The molecule has 0 heterocycles. The van der Waals surface area contributed by atoms with Gasteiger partial charge in [0.1, 0.15) is 9.84 Å². The summed E-state index contributed by atoms with van der Waals surface area (Å²) in [5, 5.41) is 3.00. The highest BCUT2D eigenvalue weighted by Crippen LogP contribution is 1.86. The van der Waals surface area contributed by atoms with Crippen molar-refractivity contribution in [1.82, 2.24) is 5.32 Å². The summed E-state index contributed by atoms with van der Waals surface area (Å²) in [5.74, 6) is 0.170. The van der Waals surface area contributed by atoms with Crippen LogP contribution in [0.5, 0.6) is 0 Å². The van der Waals surface area contributed by atoms with Crippen molar-refractivity contribution >= 4 is 9.84 Å². The lowest BCUT2D eigenvalue weighted by atomic mass is 10.5. The standard InChI is InChI=1S/C10H23NO4S/c1-10(2)15-8-7-14-6-4-11-5-9-16(3,12)13/h10-11H,4-9H2,1-3H3. The lowest BCUT2D eigenvalue weighted by molar-refractivity contribution is 0.0205. The van der Waals surface area contributed by atoms with Crippen molar-refractivity contribution in [2.75, 3.05) is 44.9 Å². The van der Waals surface area contributed by atoms with Crippen LogP contribution in [0.3, 0.4) is 0 Å². The highest BCUT2D eigenvalue weighted by molar-refractivity contribution is 7.90. The largest absolute Gasteiger partial charge is 0.378 e. The van der Waals surface area contributed by atoms with Crippen LogP contribution in [-0.2, 0) is 19.3 Å². The van der Waals surface area contributed by atoms with Gasteiger partial charge >= 0.3 is 0 Å². The average Bonchev–Trinajstić information content (AvgIpc) is 2.13. The lowest BCUT2D eigenvalue weighted by Gasteiger charge is -2.08. The summed E-state index contributed by atoms with van der Waals surface area (Å²) in [6, 6.07) is 0. The fourth-order valence-electron chi connectivity index (χ4n) is 0.972. The maximum atomic E-state index is 10.8. The van der Waals surface area contributed by atoms with Crippen molar-refractivity contribution in [3.05, 3.63) is 0 Å². The van der Waals surface area contributed by atoms with Crippen molar-refractivity contribution in [3.63, 3.8) is 0 Å². The minimum absolute atomic E-state index is 0.170. The Kier molecular flexibility index (Phi) is 8.83. The molecule has 0 aromatic heterocycles. The van der Waals surface area contributed by atoms with E-state index < -0.39 is 9.84 Å². The Hall–Kier alpha value is -0.170. The van der Waals surface area contributed by atoms with Crippen molar-refractivity contribution < 1.29 is 17.9 Å². The van der Waals surface area contributed by atoms with Gasteiger partial charge in [0.15, 0.2) is 0 Å². The van der Waals surface area contributed by atoms with Crippen molar-refractivity contribution in [1.29, 1.82) is 0 Å². The third-order valence-corrected chi connectivity index (χ3v) is 2.70. The second kappa shape index (κ2) is 8.92. The van der Waals surface area contributed by atoms with Gasteiger partial charge < -0.3 is 14.8 Å². The lowest BCUT2D eigenvalue weighted by Crippen LogP contribution is -2.26. The van der Waals surface area contributed by atoms with E-state index >= 15 is 0 Å². The zero-order chi connectivity index (χ0) is 12.4. The van der Waals surface area contributed by atoms with Gasteiger partial charge in [0.05, 0.1) is 31.7 Å². The topological polar surface area (TPSA) is 64.6 Å². The summed E-state index contributed by atoms with van der Waals surface area (Å²) in [6.07, 6.45) is 1.46. The van der Waals surface area contributed by atoms with Crippen LogP contribution in [0.15, 0.2) is 0 Å². The molecule has 1 N–H and O–H groups in total. The monoisotopic (exact) mass is 253 g/mol. The molecule has 0 aromatic carbocycles. The van der Waals surface area contributed by atoms with E-state index in [1.165, 1.54) is 6.26 Å². The Morgan fingerprint density at radius 1 is 1.12 bits per heavy atom. The van der Waals surface area contributed by atoms with Gasteiger partial charge in [0, 0.05) is 19.3 Å². The highest BCUT2D eigenvalue weighted by Gasteiger charge is 2.00. The Labute approximate surface area is 98.4 Å². The molecule has 0 bridgehead atoms. The van der Waals surface area contributed by atoms with Gasteiger partial charge in [-0.15, -0.1) is 0 Å². The van der Waals surface area contributed by atoms with Crippen LogP contribution in [0, 0.1) is 0 Å². The molecular weight excluding hydrogens is 230 g/mol. The van der Waals surface area contributed by atoms with Crippen LogP contribution in [-0.4, -0.2) is 59.4 Å². The number of rotatable bonds is 10. The first kappa shape index (κ1) is 15.8. The van der Waals surface area contributed by atoms with E-state index in [0.717, 1.165) is 0 Å². The second-order valence-electron chi connectivity index (χ2n) is 3.91. The zero-order valence-electron chi connectivity index (χ0n) is 10.4. The Morgan fingerprint density at radius 2 is 1.81 bits per heavy atom. The van der Waals surface area contributed by atoms with Crippen LogP contribution < -0.4 is 5.32 Å². The third kappa shape index (κ3) is 13.8. The molecule has 0 amide bonds. The quantitative estimate of drug-likeness (QED) is 0.558. The molecule has 0 saturated heterocycles. The minimum atomic E-state index is -2.86. The van der Waals surface area contributed by atoms with Gasteiger partial charge in [0.25, 0.3) is 0 Å². The maximum Gasteiger partial charge on any atom is 0.148 e. The van der Waals surface area contributed by atoms with Crippen molar-refractivity contribution in [2.45, 2.75) is 20.0 Å². The summed E-state index contributed by atoms with van der Waals surface area (Å²) in [7, 11) is -2.86. The van der Waals surface area contributed by atoms with Gasteiger partial charge in [-0.05, 0) is 13.8 Å². The smallest absolute Gasteiger partial charge is 0.148 e. The van der Waals surface area contributed by atoms with E-state index in [4.69, 9.17) is 9.47 Å². The number of hydrogen-bond donors (Lipinski definition) is 1. The molecule has 0 unspecified atom stereocenters. The van der Waals surface area contributed by atoms with Crippen LogP contribution in [0.1, 0.15) is 13.8 Å². The number of ether oxygens (including phenoxy) is 2. The summed E-state index contributed by atoms with van der Waals surface area (Å²) < 4.78 is 32.1. The van der Waals surface area contributed by atoms with Gasteiger partial charge in [-0.3, -0.25) is 0 Å². The first-order valence-electron chi connectivity index (χ1n) is 5.49. The molecule has 0 spiro atoms. The van der Waals surface area contributed by atoms with Gasteiger partial charge in [0.2, 0.25) is 0 Å². The number of sulfone groups is 1. The van der Waals surface area contributed by atoms with E-state index in [-0.39, 0.29) is 11.9 Å². The molecule has 0 rings (SSSR count). The molecule has 16 heavy (non-hydrogen) atoms. The number of nitrogens with one attached hydrogen (secondary N) is 1. The molecule has 0 atom stereocenters. The Balaban J connectivity index is 3.10. The Bertz CT molecular complexity index is 252. The van der Waals surface area contributed by atoms with E-state index in [1.54, 1.807) is 0 Å². The average molecular weight is 253 g/mol. The van der Waals surface area contributed by atoms with Crippen molar-refractivity contribution in [2.24, 2.45) is 0 Å². The highest BCUT2D eigenvalue weighted by atomic mass is 32.2. The molecule has 6 heteroatoms. The molecule has 0 saturated carbocycles. The van der Waals surface area contributed by atoms with Crippen LogP contribution in [0.25, 0.3) is 0 Å². The molecule has 5 nitrogen and oxygen atoms in total. The Morgan fingerprint density at radius 3 is 2.38 bits per heavy atom. The fourth-order valence-corrected chi connectivity index (χ4v) is 1.49. The molecule has 0 fully saturated rings. The van der Waals surface area contributed by atoms with Crippen LogP contribution in [0.4, 0.5) is 0 Å². The van der Waals surface area contributed by atoms with E-state index in [0.29, 0.717) is 32.9 Å². The van der Waals surface area contributed by atoms with Gasteiger partial charge in [-0.1, -0.05) is 0 Å². The second-order valence-corrected chi connectivity index (χ2v) is 6.17. The first-order chi connectivity index (χ1) is 7.42. The minimum Gasteiger partial charge on any atom is -0.378 e. The molecule has 0 aliphatic carbocycles. The summed E-state index contributed by atoms with van der Waals surface area (Å²) in [4.78, 5) is 0. The van der Waals surface area contributed by atoms with Crippen LogP contribution in [0.2, 0.25) is 0 Å². The van der Waals surface area contributed by atoms with Gasteiger partial charge in [-0.2, -0.15) is 0 Å². The van der Waals surface area contributed by atoms with Gasteiger partial charge in [-0.25, -0.2) is 8.42 Å². The molecule has 0 aliphatic rings. The van der Waals surface area contributed by atoms with E-state index in [9.17, 15) is 8.42 Å². The summed E-state index contributed by atoms with van der Waals surface area (Å²) in [6.45, 7) is 6.85. The summed E-state index contributed by atoms with van der Waals surface area (Å²) in [5.41, 5.74) is 0. The predicted molar refractivity (Wildman–Crippen MR) is 64.5 cm³/mol. The van der Waals surface area contributed by atoms with E-state index in [2.05, 4.69) is 5.32 Å². The molecule has 0 aliphatic heterocycles. The first-order valence-corrected chi connectivity index (χ1v) is 7.55. The van der Waals surface area contributed by atoms with E-state index in [1.807, 2.05) is 13.8 Å². The molecule has 0 radical (unpaired) electrons. The zero-order valence-corrected chi connectivity index (χ0v) is 11.2. The SMILES string of the molecule is CC(C)OCCOCCNCCS(C)(=O)=O. The summed E-state index contributed by atoms with van der Waals surface area (Å²) >= 11 is 0. The maximum absolute atomic E-state index is 10.8. The van der Waals surface area contributed by atoms with Crippen molar-refractivity contribution in [3.8, 4) is 0 Å². The normalized spacial score (nSPS) is 12.2. The molecule has 98 valence electrons. The number of hydrogen-bond acceptors (Lipinski definition) is 5. The third-order valence-electron chi connectivity index (χ3n) is 1.75. The molecular formula is C10H23NO4S.